The van der Waals surface area contributed by atoms with Gasteiger partial charge in [0, 0.05) is 0 Å². The molecular formula is C7H8NO. The van der Waals surface area contributed by atoms with Crippen molar-refractivity contribution in [3.63, 3.8) is 0 Å². The number of nitrogens with one attached hydrogen (secondary N) is 1. The zero-order valence-corrected chi connectivity index (χ0v) is 5.22. The molecule has 0 saturated heterocycles. The highest BCUT2D eigenvalue weighted by Gasteiger charge is 1.86. The Hall–Kier alpha value is -1.02. The predicted octanol–water partition coefficient (Wildman–Crippen LogP) is 1.75. The van der Waals surface area contributed by atoms with E-state index < -0.39 is 0 Å². The van der Waals surface area contributed by atoms with Crippen LogP contribution in [0.25, 0.3) is 0 Å². The van der Waals surface area contributed by atoms with Gasteiger partial charge in [0.05, 0.1) is 5.69 Å². The average molecular weight is 122 g/mol. The SMILES string of the molecule is Cc1cccc(N[O])c1. The van der Waals surface area contributed by atoms with Gasteiger partial charge in [-0.1, -0.05) is 17.3 Å². The molecule has 1 radical (unpaired) electrons. The Labute approximate surface area is 54.1 Å². The highest BCUT2D eigenvalue weighted by atomic mass is 16.5. The van der Waals surface area contributed by atoms with Crippen LogP contribution in [0.1, 0.15) is 5.56 Å². The van der Waals surface area contributed by atoms with Crippen LogP contribution in [0.5, 0.6) is 0 Å². The maximum atomic E-state index is 10.0. The Kier molecular flexibility index (Phi) is 1.70. The minimum absolute atomic E-state index is 0.620. The van der Waals surface area contributed by atoms with E-state index in [2.05, 4.69) is 0 Å². The zero-order valence-electron chi connectivity index (χ0n) is 5.22. The summed E-state index contributed by atoms with van der Waals surface area (Å²) in [6.07, 6.45) is 0. The fourth-order valence-electron chi connectivity index (χ4n) is 0.709. The van der Waals surface area contributed by atoms with E-state index in [1.165, 1.54) is 0 Å². The Morgan fingerprint density at radius 3 is 2.67 bits per heavy atom. The van der Waals surface area contributed by atoms with Gasteiger partial charge in [-0.2, -0.15) is 0 Å². The molecule has 0 spiro atoms. The van der Waals surface area contributed by atoms with Crippen LogP contribution in [0.2, 0.25) is 0 Å². The smallest absolute Gasteiger partial charge is 0.0638 e. The van der Waals surface area contributed by atoms with Gasteiger partial charge in [0.25, 0.3) is 0 Å². The van der Waals surface area contributed by atoms with Gasteiger partial charge in [-0.3, -0.25) is 0 Å². The lowest BCUT2D eigenvalue weighted by atomic mass is 10.2. The molecule has 0 saturated carbocycles. The molecule has 2 nitrogen and oxygen atoms in total. The summed E-state index contributed by atoms with van der Waals surface area (Å²) >= 11 is 0. The molecule has 0 unspecified atom stereocenters. The lowest BCUT2D eigenvalue weighted by Crippen LogP contribution is -1.85. The fraction of sp³-hybridized carbons (Fsp3) is 0.143. The second-order valence-electron chi connectivity index (χ2n) is 1.97. The third kappa shape index (κ3) is 1.44. The highest BCUT2D eigenvalue weighted by Crippen LogP contribution is 2.07. The first-order chi connectivity index (χ1) is 4.33. The van der Waals surface area contributed by atoms with Gasteiger partial charge in [0.2, 0.25) is 0 Å². The molecule has 9 heavy (non-hydrogen) atoms. The Bertz CT molecular complexity index is 198. The molecule has 1 aromatic carbocycles. The molecule has 1 rings (SSSR count). The summed E-state index contributed by atoms with van der Waals surface area (Å²) in [5.41, 5.74) is 3.53. The molecule has 0 aliphatic carbocycles. The molecule has 0 bridgehead atoms. The Balaban J connectivity index is 2.94. The number of rotatable bonds is 1. The first kappa shape index (κ1) is 6.11. The maximum absolute atomic E-state index is 10.0. The van der Waals surface area contributed by atoms with Crippen LogP contribution < -0.4 is 5.48 Å². The molecule has 0 aliphatic heterocycles. The molecule has 0 aromatic heterocycles. The lowest BCUT2D eigenvalue weighted by Gasteiger charge is -1.95. The summed E-state index contributed by atoms with van der Waals surface area (Å²) in [7, 11) is 0. The molecule has 1 N–H and O–H groups in total. The van der Waals surface area contributed by atoms with Gasteiger partial charge < -0.3 is 0 Å². The van der Waals surface area contributed by atoms with E-state index in [0.29, 0.717) is 5.69 Å². The van der Waals surface area contributed by atoms with Crippen LogP contribution in [0, 0.1) is 6.92 Å². The summed E-state index contributed by atoms with van der Waals surface area (Å²) in [4.78, 5) is 0. The van der Waals surface area contributed by atoms with Gasteiger partial charge in [0.15, 0.2) is 0 Å². The van der Waals surface area contributed by atoms with Crippen molar-refractivity contribution in [2.45, 2.75) is 6.92 Å². The van der Waals surface area contributed by atoms with E-state index in [1.54, 1.807) is 12.1 Å². The van der Waals surface area contributed by atoms with E-state index in [1.807, 2.05) is 24.5 Å². The van der Waals surface area contributed by atoms with Gasteiger partial charge >= 0.3 is 0 Å². The molecule has 47 valence electrons. The number of anilines is 1. The van der Waals surface area contributed by atoms with Gasteiger partial charge in [-0.05, 0) is 24.6 Å². The third-order valence-corrected chi connectivity index (χ3v) is 1.14. The maximum Gasteiger partial charge on any atom is 0.0638 e. The number of aryl methyl sites for hydroxylation is 1. The third-order valence-electron chi connectivity index (χ3n) is 1.14. The van der Waals surface area contributed by atoms with Gasteiger partial charge in [-0.25, -0.2) is 5.48 Å². The van der Waals surface area contributed by atoms with Crippen LogP contribution in [-0.2, 0) is 5.21 Å². The van der Waals surface area contributed by atoms with Gasteiger partial charge in [0.1, 0.15) is 0 Å². The normalized spacial score (nSPS) is 9.11. The van der Waals surface area contributed by atoms with Crippen molar-refractivity contribution in [1.82, 2.24) is 0 Å². The lowest BCUT2D eigenvalue weighted by molar-refractivity contribution is 0.274. The highest BCUT2D eigenvalue weighted by molar-refractivity contribution is 5.42. The monoisotopic (exact) mass is 122 g/mol. The Morgan fingerprint density at radius 1 is 1.44 bits per heavy atom. The van der Waals surface area contributed by atoms with E-state index in [-0.39, 0.29) is 0 Å². The number of hydrogen-bond donors (Lipinski definition) is 1. The number of benzene rings is 1. The summed E-state index contributed by atoms with van der Waals surface area (Å²) in [6, 6.07) is 7.32. The largest absolute Gasteiger partial charge is 0.233 e. The quantitative estimate of drug-likeness (QED) is 0.565. The van der Waals surface area contributed by atoms with Crippen molar-refractivity contribution < 1.29 is 5.21 Å². The second-order valence-corrected chi connectivity index (χ2v) is 1.97. The Morgan fingerprint density at radius 2 is 2.22 bits per heavy atom. The van der Waals surface area contributed by atoms with E-state index in [4.69, 9.17) is 0 Å². The minimum Gasteiger partial charge on any atom is -0.233 e. The average Bonchev–Trinajstić information content (AvgIpc) is 1.88. The molecule has 0 atom stereocenters. The van der Waals surface area contributed by atoms with Crippen molar-refractivity contribution in [3.8, 4) is 0 Å². The van der Waals surface area contributed by atoms with Crippen molar-refractivity contribution in [1.29, 1.82) is 0 Å². The molecule has 2 heteroatoms. The minimum atomic E-state index is 0.620. The zero-order chi connectivity index (χ0) is 6.69. The molecule has 1 aromatic rings. The van der Waals surface area contributed by atoms with Gasteiger partial charge in [-0.15, -0.1) is 0 Å². The van der Waals surface area contributed by atoms with Crippen molar-refractivity contribution in [2.24, 2.45) is 0 Å². The van der Waals surface area contributed by atoms with Crippen LogP contribution in [0.3, 0.4) is 0 Å². The van der Waals surface area contributed by atoms with E-state index in [0.717, 1.165) is 5.56 Å². The number of hydrogen-bond acceptors (Lipinski definition) is 1. The summed E-state index contributed by atoms with van der Waals surface area (Å²) in [6.45, 7) is 1.95. The topological polar surface area (TPSA) is 31.9 Å². The fourth-order valence-corrected chi connectivity index (χ4v) is 0.709. The summed E-state index contributed by atoms with van der Waals surface area (Å²) < 4.78 is 0. The van der Waals surface area contributed by atoms with Crippen molar-refractivity contribution in [2.75, 3.05) is 5.48 Å². The summed E-state index contributed by atoms with van der Waals surface area (Å²) in [5, 5.41) is 10.0. The van der Waals surface area contributed by atoms with Crippen molar-refractivity contribution >= 4 is 5.69 Å². The van der Waals surface area contributed by atoms with Crippen LogP contribution >= 0.6 is 0 Å². The summed E-state index contributed by atoms with van der Waals surface area (Å²) in [5.74, 6) is 0. The predicted molar refractivity (Wildman–Crippen MR) is 35.5 cm³/mol. The second kappa shape index (κ2) is 2.51. The molecular weight excluding hydrogens is 114 g/mol. The van der Waals surface area contributed by atoms with Crippen LogP contribution in [0.15, 0.2) is 24.3 Å². The van der Waals surface area contributed by atoms with E-state index >= 15 is 0 Å². The molecule has 0 aliphatic rings. The van der Waals surface area contributed by atoms with E-state index in [9.17, 15) is 5.21 Å². The molecule has 0 heterocycles. The van der Waals surface area contributed by atoms with Crippen LogP contribution in [0.4, 0.5) is 5.69 Å². The first-order valence-electron chi connectivity index (χ1n) is 2.78. The van der Waals surface area contributed by atoms with Crippen LogP contribution in [-0.4, -0.2) is 0 Å². The standard InChI is InChI=1S/C7H8NO/c1-6-3-2-4-7(5-6)8-9/h2-5,8H,1H3. The molecule has 0 amide bonds. The first-order valence-corrected chi connectivity index (χ1v) is 2.78. The van der Waals surface area contributed by atoms with Crippen molar-refractivity contribution in [3.05, 3.63) is 29.8 Å². The molecule has 0 fully saturated rings.